The van der Waals surface area contributed by atoms with Gasteiger partial charge in [0.25, 0.3) is 11.8 Å². The number of benzene rings is 2. The molecule has 2 aromatic carbocycles. The summed E-state index contributed by atoms with van der Waals surface area (Å²) < 4.78 is 16.3. The highest BCUT2D eigenvalue weighted by atomic mass is 16.5. The molecule has 0 saturated carbocycles. The van der Waals surface area contributed by atoms with Gasteiger partial charge in [-0.05, 0) is 19.1 Å². The molecule has 5 rings (SSSR count). The maximum Gasteiger partial charge on any atom is 0.331 e. The summed E-state index contributed by atoms with van der Waals surface area (Å²) in [6, 6.07) is 19.1. The summed E-state index contributed by atoms with van der Waals surface area (Å²) in [7, 11) is 0. The second-order valence-corrected chi connectivity index (χ2v) is 7.19. The zero-order chi connectivity index (χ0) is 22.6. The highest BCUT2D eigenvalue weighted by Gasteiger charge is 2.22. The van der Waals surface area contributed by atoms with Crippen LogP contribution in [0.25, 0.3) is 39.7 Å². The number of fused-ring (bicyclic) bond motifs is 1. The topological polar surface area (TPSA) is 104 Å². The van der Waals surface area contributed by atoms with Gasteiger partial charge in [0.2, 0.25) is 0 Å². The molecule has 0 atom stereocenters. The minimum atomic E-state index is -0.534. The van der Waals surface area contributed by atoms with E-state index in [2.05, 4.69) is 20.3 Å². The number of pyridine rings is 1. The van der Waals surface area contributed by atoms with Crippen molar-refractivity contribution in [2.75, 3.05) is 0 Å². The van der Waals surface area contributed by atoms with Gasteiger partial charge in [-0.1, -0.05) is 59.8 Å². The van der Waals surface area contributed by atoms with Crippen LogP contribution in [0.15, 0.2) is 81.9 Å². The van der Waals surface area contributed by atoms with Crippen LogP contribution in [0.3, 0.4) is 0 Å². The number of nitrogens with zero attached hydrogens (tertiary/aromatic N) is 4. The summed E-state index contributed by atoms with van der Waals surface area (Å²) in [5.41, 5.74) is 3.70. The molecule has 8 nitrogen and oxygen atoms in total. The molecule has 0 radical (unpaired) electrons. The van der Waals surface area contributed by atoms with Crippen LogP contribution in [-0.2, 0) is 16.1 Å². The molecule has 162 valence electrons. The third-order valence-electron chi connectivity index (χ3n) is 4.99. The first-order valence-corrected chi connectivity index (χ1v) is 10.2. The van der Waals surface area contributed by atoms with Crippen LogP contribution in [0.5, 0.6) is 0 Å². The minimum absolute atomic E-state index is 0.158. The quantitative estimate of drug-likeness (QED) is 0.269. The van der Waals surface area contributed by atoms with Crippen molar-refractivity contribution in [3.8, 4) is 22.7 Å². The zero-order valence-corrected chi connectivity index (χ0v) is 17.6. The number of hydrogen-bond donors (Lipinski definition) is 0. The molecule has 0 saturated heterocycles. The standard InChI is InChI=1S/C25H18N4O4/c1-16-22(24(29-33-16)18-7-3-2-4-8-18)25-28-27-20(32-25)15-31-21(30)13-12-19-10-5-9-17-11-6-14-26-23(17)19/h2-14H,15H2,1H3/b13-12+. The van der Waals surface area contributed by atoms with E-state index in [1.165, 1.54) is 6.08 Å². The molecule has 0 aliphatic carbocycles. The smallest absolute Gasteiger partial charge is 0.331 e. The van der Waals surface area contributed by atoms with E-state index in [4.69, 9.17) is 13.7 Å². The van der Waals surface area contributed by atoms with Crippen molar-refractivity contribution in [1.29, 1.82) is 0 Å². The Morgan fingerprint density at radius 2 is 1.88 bits per heavy atom. The Morgan fingerprint density at radius 1 is 1.03 bits per heavy atom. The number of ether oxygens (including phenoxy) is 1. The normalized spacial score (nSPS) is 11.3. The Labute approximate surface area is 188 Å². The van der Waals surface area contributed by atoms with Crippen LogP contribution < -0.4 is 0 Å². The molecule has 0 aliphatic heterocycles. The molecule has 0 amide bonds. The fourth-order valence-electron chi connectivity index (χ4n) is 3.43. The number of rotatable bonds is 6. The maximum atomic E-state index is 12.2. The van der Waals surface area contributed by atoms with Crippen molar-refractivity contribution in [3.05, 3.63) is 90.2 Å². The second kappa shape index (κ2) is 8.88. The van der Waals surface area contributed by atoms with Gasteiger partial charge in [0, 0.05) is 28.8 Å². The number of aromatic nitrogens is 4. The highest BCUT2D eigenvalue weighted by Crippen LogP contribution is 2.33. The number of hydrogen-bond acceptors (Lipinski definition) is 8. The first-order valence-electron chi connectivity index (χ1n) is 10.2. The Morgan fingerprint density at radius 3 is 2.76 bits per heavy atom. The number of para-hydroxylation sites is 1. The number of aryl methyl sites for hydroxylation is 1. The molecular weight excluding hydrogens is 420 g/mol. The predicted octanol–water partition coefficient (Wildman–Crippen LogP) is 5.00. The summed E-state index contributed by atoms with van der Waals surface area (Å²) in [5.74, 6) is 0.427. The van der Waals surface area contributed by atoms with E-state index in [9.17, 15) is 4.79 Å². The van der Waals surface area contributed by atoms with Crippen molar-refractivity contribution in [2.45, 2.75) is 13.5 Å². The van der Waals surface area contributed by atoms with Gasteiger partial charge in [0.1, 0.15) is 17.0 Å². The summed E-state index contributed by atoms with van der Waals surface area (Å²) in [6.07, 6.45) is 4.73. The van der Waals surface area contributed by atoms with E-state index in [1.807, 2.05) is 60.7 Å². The van der Waals surface area contributed by atoms with Crippen molar-refractivity contribution < 1.29 is 18.5 Å². The molecule has 3 heterocycles. The number of carbonyl (C=O) groups is 1. The van der Waals surface area contributed by atoms with Crippen molar-refractivity contribution >= 4 is 22.9 Å². The Balaban J connectivity index is 1.28. The van der Waals surface area contributed by atoms with E-state index in [1.54, 1.807) is 19.2 Å². The van der Waals surface area contributed by atoms with Crippen LogP contribution in [0, 0.1) is 6.92 Å². The average Bonchev–Trinajstić information content (AvgIpc) is 3.48. The fraction of sp³-hybridized carbons (Fsp3) is 0.0800. The second-order valence-electron chi connectivity index (χ2n) is 7.19. The number of esters is 1. The van der Waals surface area contributed by atoms with Crippen LogP contribution >= 0.6 is 0 Å². The molecule has 0 N–H and O–H groups in total. The van der Waals surface area contributed by atoms with Gasteiger partial charge in [-0.3, -0.25) is 4.98 Å². The van der Waals surface area contributed by atoms with Gasteiger partial charge in [0.05, 0.1) is 5.52 Å². The molecule has 0 spiro atoms. The van der Waals surface area contributed by atoms with Crippen LogP contribution in [-0.4, -0.2) is 26.3 Å². The molecule has 33 heavy (non-hydrogen) atoms. The first kappa shape index (κ1) is 20.3. The zero-order valence-electron chi connectivity index (χ0n) is 17.6. The lowest BCUT2D eigenvalue weighted by atomic mass is 10.1. The van der Waals surface area contributed by atoms with Gasteiger partial charge in [-0.15, -0.1) is 10.2 Å². The summed E-state index contributed by atoms with van der Waals surface area (Å²) >= 11 is 0. The lowest BCUT2D eigenvalue weighted by Crippen LogP contribution is -2.01. The van der Waals surface area contributed by atoms with Crippen LogP contribution in [0.4, 0.5) is 0 Å². The summed E-state index contributed by atoms with van der Waals surface area (Å²) in [5, 5.41) is 13.2. The fourth-order valence-corrected chi connectivity index (χ4v) is 3.43. The monoisotopic (exact) mass is 438 g/mol. The van der Waals surface area contributed by atoms with E-state index in [-0.39, 0.29) is 18.4 Å². The highest BCUT2D eigenvalue weighted by molar-refractivity contribution is 5.92. The predicted molar refractivity (Wildman–Crippen MR) is 121 cm³/mol. The molecule has 0 bridgehead atoms. The van der Waals surface area contributed by atoms with Gasteiger partial charge < -0.3 is 13.7 Å². The van der Waals surface area contributed by atoms with Gasteiger partial charge in [0.15, 0.2) is 6.61 Å². The molecule has 8 heteroatoms. The SMILES string of the molecule is Cc1onc(-c2ccccc2)c1-c1nnc(COC(=O)/C=C/c2cccc3cccnc23)o1. The maximum absolute atomic E-state index is 12.2. The van der Waals surface area contributed by atoms with Crippen LogP contribution in [0.1, 0.15) is 17.2 Å². The molecule has 0 fully saturated rings. The number of carbonyl (C=O) groups excluding carboxylic acids is 1. The largest absolute Gasteiger partial charge is 0.452 e. The van der Waals surface area contributed by atoms with Crippen molar-refractivity contribution in [3.63, 3.8) is 0 Å². The van der Waals surface area contributed by atoms with Gasteiger partial charge in [-0.25, -0.2) is 4.79 Å². The molecule has 3 aromatic heterocycles. The van der Waals surface area contributed by atoms with Gasteiger partial charge >= 0.3 is 5.97 Å². The first-order chi connectivity index (χ1) is 16.2. The average molecular weight is 438 g/mol. The van der Waals surface area contributed by atoms with Gasteiger partial charge in [-0.2, -0.15) is 0 Å². The van der Waals surface area contributed by atoms with Crippen molar-refractivity contribution in [2.24, 2.45) is 0 Å². The third kappa shape index (κ3) is 4.27. The Kier molecular flexibility index (Phi) is 5.47. The minimum Gasteiger partial charge on any atom is -0.452 e. The van der Waals surface area contributed by atoms with Crippen molar-refractivity contribution in [1.82, 2.24) is 20.3 Å². The summed E-state index contributed by atoms with van der Waals surface area (Å²) in [4.78, 5) is 16.6. The molecule has 0 unspecified atom stereocenters. The summed E-state index contributed by atoms with van der Waals surface area (Å²) in [6.45, 7) is 1.61. The van der Waals surface area contributed by atoms with E-state index >= 15 is 0 Å². The van der Waals surface area contributed by atoms with E-state index in [0.717, 1.165) is 22.0 Å². The molecule has 0 aliphatic rings. The lowest BCUT2D eigenvalue weighted by molar-refractivity contribution is -0.139. The van der Waals surface area contributed by atoms with E-state index in [0.29, 0.717) is 17.0 Å². The molecule has 5 aromatic rings. The van der Waals surface area contributed by atoms with E-state index < -0.39 is 5.97 Å². The Hall–Kier alpha value is -4.59. The molecular formula is C25H18N4O4. The third-order valence-corrected chi connectivity index (χ3v) is 4.99. The Bertz CT molecular complexity index is 1450. The lowest BCUT2D eigenvalue weighted by Gasteiger charge is -2.01. The van der Waals surface area contributed by atoms with Crippen LogP contribution in [0.2, 0.25) is 0 Å².